The van der Waals surface area contributed by atoms with E-state index in [2.05, 4.69) is 0 Å². The normalized spacial score (nSPS) is 12.9. The lowest BCUT2D eigenvalue weighted by Crippen LogP contribution is -2.31. The first-order valence-corrected chi connectivity index (χ1v) is 4.84. The van der Waals surface area contributed by atoms with Gasteiger partial charge < -0.3 is 5.21 Å². The minimum atomic E-state index is -3.95. The molecule has 0 aromatic carbocycles. The molecule has 0 amide bonds. The molecule has 0 aromatic heterocycles. The van der Waals surface area contributed by atoms with Crippen LogP contribution in [0, 0.1) is 0 Å². The van der Waals surface area contributed by atoms with Crippen LogP contribution in [0.1, 0.15) is 13.8 Å². The summed E-state index contributed by atoms with van der Waals surface area (Å²) in [5, 5.41) is 9.80. The Morgan fingerprint density at radius 1 is 1.45 bits per heavy atom. The SMILES string of the molecule is CC(C)N(O)CCS(=O)(=O)O. The number of hydrogen-bond acceptors (Lipinski definition) is 4. The lowest BCUT2D eigenvalue weighted by Gasteiger charge is -2.17. The quantitative estimate of drug-likeness (QED) is 0.473. The molecule has 0 aliphatic rings. The van der Waals surface area contributed by atoms with E-state index in [9.17, 15) is 8.42 Å². The van der Waals surface area contributed by atoms with E-state index >= 15 is 0 Å². The molecule has 0 aliphatic carbocycles. The Morgan fingerprint density at radius 2 is 1.91 bits per heavy atom. The molecule has 68 valence electrons. The van der Waals surface area contributed by atoms with E-state index in [0.717, 1.165) is 5.06 Å². The maximum atomic E-state index is 10.2. The van der Waals surface area contributed by atoms with Crippen LogP contribution in [0.4, 0.5) is 0 Å². The van der Waals surface area contributed by atoms with Crippen LogP contribution in [0.15, 0.2) is 0 Å². The molecule has 0 aliphatic heterocycles. The minimum absolute atomic E-state index is 0.0729. The summed E-state index contributed by atoms with van der Waals surface area (Å²) >= 11 is 0. The van der Waals surface area contributed by atoms with Crippen LogP contribution in [0.5, 0.6) is 0 Å². The van der Waals surface area contributed by atoms with Crippen LogP contribution in [0.3, 0.4) is 0 Å². The predicted molar refractivity (Wildman–Crippen MR) is 40.0 cm³/mol. The molecule has 0 heterocycles. The van der Waals surface area contributed by atoms with Gasteiger partial charge in [0.05, 0.1) is 5.75 Å². The molecule has 5 nitrogen and oxygen atoms in total. The second-order valence-electron chi connectivity index (χ2n) is 2.54. The Kier molecular flexibility index (Phi) is 3.95. The van der Waals surface area contributed by atoms with E-state index in [4.69, 9.17) is 9.76 Å². The molecule has 0 saturated heterocycles. The summed E-state index contributed by atoms with van der Waals surface area (Å²) in [6, 6.07) is -0.142. The highest BCUT2D eigenvalue weighted by molar-refractivity contribution is 7.85. The van der Waals surface area contributed by atoms with E-state index in [-0.39, 0.29) is 12.6 Å². The Labute approximate surface area is 66.3 Å². The first-order chi connectivity index (χ1) is 4.83. The molecule has 11 heavy (non-hydrogen) atoms. The summed E-state index contributed by atoms with van der Waals surface area (Å²) in [4.78, 5) is 0. The summed E-state index contributed by atoms with van der Waals surface area (Å²) in [5.41, 5.74) is 0. The molecular weight excluding hydrogens is 170 g/mol. The average molecular weight is 183 g/mol. The zero-order valence-electron chi connectivity index (χ0n) is 6.56. The lowest BCUT2D eigenvalue weighted by atomic mass is 10.4. The molecule has 0 atom stereocenters. The Balaban J connectivity index is 3.72. The summed E-state index contributed by atoms with van der Waals surface area (Å²) in [6.45, 7) is 3.35. The van der Waals surface area contributed by atoms with Crippen molar-refractivity contribution in [2.75, 3.05) is 12.3 Å². The van der Waals surface area contributed by atoms with Crippen molar-refractivity contribution in [2.45, 2.75) is 19.9 Å². The first kappa shape index (κ1) is 10.8. The van der Waals surface area contributed by atoms with Crippen LogP contribution in [-0.4, -0.2) is 41.6 Å². The van der Waals surface area contributed by atoms with Gasteiger partial charge >= 0.3 is 0 Å². The van der Waals surface area contributed by atoms with E-state index in [1.54, 1.807) is 13.8 Å². The average Bonchev–Trinajstić information content (AvgIpc) is 1.80. The molecule has 0 aromatic rings. The topological polar surface area (TPSA) is 77.8 Å². The first-order valence-electron chi connectivity index (χ1n) is 3.23. The maximum absolute atomic E-state index is 10.2. The molecule has 6 heteroatoms. The lowest BCUT2D eigenvalue weighted by molar-refractivity contribution is -0.111. The third-order valence-corrected chi connectivity index (χ3v) is 1.87. The summed E-state index contributed by atoms with van der Waals surface area (Å²) in [5.74, 6) is -0.443. The van der Waals surface area contributed by atoms with E-state index < -0.39 is 15.9 Å². The Bertz CT molecular complexity index is 199. The fourth-order valence-corrected chi connectivity index (χ4v) is 0.885. The second-order valence-corrected chi connectivity index (χ2v) is 4.11. The Morgan fingerprint density at radius 3 is 2.18 bits per heavy atom. The monoisotopic (exact) mass is 183 g/mol. The third kappa shape index (κ3) is 6.24. The van der Waals surface area contributed by atoms with Crippen LogP contribution >= 0.6 is 0 Å². The van der Waals surface area contributed by atoms with Crippen molar-refractivity contribution < 1.29 is 18.2 Å². The van der Waals surface area contributed by atoms with E-state index in [1.807, 2.05) is 0 Å². The van der Waals surface area contributed by atoms with Gasteiger partial charge in [0, 0.05) is 12.6 Å². The van der Waals surface area contributed by atoms with Gasteiger partial charge in [-0.15, -0.1) is 0 Å². The smallest absolute Gasteiger partial charge is 0.266 e. The van der Waals surface area contributed by atoms with Crippen molar-refractivity contribution in [3.8, 4) is 0 Å². The van der Waals surface area contributed by atoms with Gasteiger partial charge in [-0.3, -0.25) is 4.55 Å². The standard InChI is InChI=1S/C5H13NO4S/c1-5(2)6(7)3-4-11(8,9)10/h5,7H,3-4H2,1-2H3,(H,8,9,10). The zero-order chi connectivity index (χ0) is 9.07. The van der Waals surface area contributed by atoms with Crippen molar-refractivity contribution >= 4 is 10.1 Å². The molecule has 0 unspecified atom stereocenters. The van der Waals surface area contributed by atoms with Gasteiger partial charge in [-0.1, -0.05) is 0 Å². The number of hydrogen-bond donors (Lipinski definition) is 2. The van der Waals surface area contributed by atoms with Crippen molar-refractivity contribution in [2.24, 2.45) is 0 Å². The van der Waals surface area contributed by atoms with Crippen LogP contribution in [0.25, 0.3) is 0 Å². The Hall–Kier alpha value is -0.170. The fraction of sp³-hybridized carbons (Fsp3) is 1.00. The largest absolute Gasteiger partial charge is 0.314 e. The summed E-state index contributed by atoms with van der Waals surface area (Å²) in [7, 11) is -3.95. The summed E-state index contributed by atoms with van der Waals surface area (Å²) < 4.78 is 28.6. The van der Waals surface area contributed by atoms with Crippen molar-refractivity contribution in [3.63, 3.8) is 0 Å². The second kappa shape index (κ2) is 4.01. The van der Waals surface area contributed by atoms with Crippen molar-refractivity contribution in [1.82, 2.24) is 5.06 Å². The van der Waals surface area contributed by atoms with Crippen LogP contribution in [-0.2, 0) is 10.1 Å². The van der Waals surface area contributed by atoms with Gasteiger partial charge in [0.2, 0.25) is 0 Å². The molecule has 0 spiro atoms. The minimum Gasteiger partial charge on any atom is -0.314 e. The highest BCUT2D eigenvalue weighted by atomic mass is 32.2. The van der Waals surface area contributed by atoms with Gasteiger partial charge in [0.1, 0.15) is 0 Å². The van der Waals surface area contributed by atoms with Gasteiger partial charge in [-0.25, -0.2) is 0 Å². The third-order valence-electron chi connectivity index (χ3n) is 1.17. The highest BCUT2D eigenvalue weighted by Crippen LogP contribution is 1.93. The molecular formula is C5H13NO4S. The van der Waals surface area contributed by atoms with Gasteiger partial charge in [0.25, 0.3) is 10.1 Å². The number of rotatable bonds is 4. The highest BCUT2D eigenvalue weighted by Gasteiger charge is 2.10. The number of nitrogens with zero attached hydrogens (tertiary/aromatic N) is 1. The molecule has 0 saturated carbocycles. The molecule has 0 rings (SSSR count). The summed E-state index contributed by atoms with van der Waals surface area (Å²) in [6.07, 6.45) is 0. The molecule has 0 radical (unpaired) electrons. The number of hydroxylamine groups is 2. The van der Waals surface area contributed by atoms with Gasteiger partial charge in [-0.05, 0) is 13.8 Å². The molecule has 0 fully saturated rings. The van der Waals surface area contributed by atoms with E-state index in [0.29, 0.717) is 0 Å². The predicted octanol–water partition coefficient (Wildman–Crippen LogP) is -0.0262. The van der Waals surface area contributed by atoms with Crippen LogP contribution in [0.2, 0.25) is 0 Å². The maximum Gasteiger partial charge on any atom is 0.266 e. The van der Waals surface area contributed by atoms with Crippen molar-refractivity contribution in [3.05, 3.63) is 0 Å². The van der Waals surface area contributed by atoms with E-state index in [1.165, 1.54) is 0 Å². The molecule has 0 bridgehead atoms. The molecule has 2 N–H and O–H groups in total. The van der Waals surface area contributed by atoms with Gasteiger partial charge in [-0.2, -0.15) is 13.5 Å². The van der Waals surface area contributed by atoms with Crippen LogP contribution < -0.4 is 0 Å². The van der Waals surface area contributed by atoms with Gasteiger partial charge in [0.15, 0.2) is 0 Å². The zero-order valence-corrected chi connectivity index (χ0v) is 7.37. The van der Waals surface area contributed by atoms with Crippen molar-refractivity contribution in [1.29, 1.82) is 0 Å². The fourth-order valence-electron chi connectivity index (χ4n) is 0.467.